The summed E-state index contributed by atoms with van der Waals surface area (Å²) >= 11 is 0. The monoisotopic (exact) mass is 342 g/mol. The van der Waals surface area contributed by atoms with Crippen molar-refractivity contribution in [2.45, 2.75) is 32.0 Å². The van der Waals surface area contributed by atoms with Crippen molar-refractivity contribution < 1.29 is 4.79 Å². The summed E-state index contributed by atoms with van der Waals surface area (Å²) in [5, 5.41) is 18.1. The summed E-state index contributed by atoms with van der Waals surface area (Å²) in [7, 11) is 0. The van der Waals surface area contributed by atoms with E-state index in [0.717, 1.165) is 35.1 Å². The number of hydrogen-bond donors (Lipinski definition) is 0. The first-order valence-corrected chi connectivity index (χ1v) is 8.77. The minimum Gasteiger partial charge on any atom is -0.332 e. The molecule has 2 aliphatic rings. The predicted molar refractivity (Wildman–Crippen MR) is 96.2 cm³/mol. The Morgan fingerprint density at radius 2 is 1.73 bits per heavy atom. The molecule has 0 unspecified atom stereocenters. The fraction of sp³-hybridized carbons (Fsp3) is 0.286. The molecule has 5 nitrogen and oxygen atoms in total. The average Bonchev–Trinajstić information content (AvgIpc) is 3.33. The van der Waals surface area contributed by atoms with E-state index in [1.54, 1.807) is 4.90 Å². The second-order valence-corrected chi connectivity index (χ2v) is 6.82. The molecule has 1 fully saturated rings. The van der Waals surface area contributed by atoms with Crippen molar-refractivity contribution in [3.63, 3.8) is 0 Å². The largest absolute Gasteiger partial charge is 0.332 e. The van der Waals surface area contributed by atoms with Gasteiger partial charge in [-0.3, -0.25) is 9.69 Å². The molecule has 2 aromatic carbocycles. The normalized spacial score (nSPS) is 18.3. The lowest BCUT2D eigenvalue weighted by Crippen LogP contribution is -2.41. The fourth-order valence-corrected chi connectivity index (χ4v) is 3.82. The minimum atomic E-state index is -0.299. The smallest absolute Gasteiger partial charge is 0.246 e. The van der Waals surface area contributed by atoms with E-state index in [0.29, 0.717) is 25.2 Å². The van der Waals surface area contributed by atoms with Gasteiger partial charge in [-0.25, -0.2) is 0 Å². The zero-order chi connectivity index (χ0) is 18.1. The maximum absolute atomic E-state index is 12.8. The molecule has 2 aromatic rings. The molecule has 1 amide bonds. The summed E-state index contributed by atoms with van der Waals surface area (Å²) in [5.41, 5.74) is 5.11. The maximum Gasteiger partial charge on any atom is 0.246 e. The summed E-state index contributed by atoms with van der Waals surface area (Å²) in [6, 6.07) is 15.6. The van der Waals surface area contributed by atoms with Gasteiger partial charge in [0.1, 0.15) is 6.04 Å². The molecule has 26 heavy (non-hydrogen) atoms. The van der Waals surface area contributed by atoms with Crippen molar-refractivity contribution in [3.8, 4) is 23.4 Å². The van der Waals surface area contributed by atoms with Crippen LogP contribution >= 0.6 is 0 Å². The zero-order valence-corrected chi connectivity index (χ0v) is 14.4. The van der Waals surface area contributed by atoms with Crippen LogP contribution < -0.4 is 0 Å². The van der Waals surface area contributed by atoms with E-state index in [9.17, 15) is 10.1 Å². The summed E-state index contributed by atoms with van der Waals surface area (Å²) in [4.78, 5) is 16.3. The van der Waals surface area contributed by atoms with Crippen LogP contribution in [0, 0.1) is 22.8 Å². The molecular formula is C21H18N4O. The lowest BCUT2D eigenvalue weighted by Gasteiger charge is -2.23. The first-order chi connectivity index (χ1) is 12.7. The molecule has 0 radical (unpaired) electrons. The van der Waals surface area contributed by atoms with Gasteiger partial charge in [-0.15, -0.1) is 0 Å². The van der Waals surface area contributed by atoms with E-state index < -0.39 is 0 Å². The number of hydrogen-bond acceptors (Lipinski definition) is 4. The molecule has 0 N–H and O–H groups in total. The molecule has 4 rings (SSSR count). The van der Waals surface area contributed by atoms with Gasteiger partial charge in [0, 0.05) is 19.6 Å². The van der Waals surface area contributed by atoms with E-state index in [4.69, 9.17) is 5.26 Å². The molecule has 2 heterocycles. The average molecular weight is 342 g/mol. The van der Waals surface area contributed by atoms with Crippen LogP contribution in [0.3, 0.4) is 0 Å². The van der Waals surface area contributed by atoms with Crippen molar-refractivity contribution in [3.05, 3.63) is 59.2 Å². The van der Waals surface area contributed by atoms with Crippen LogP contribution in [0.4, 0.5) is 0 Å². The van der Waals surface area contributed by atoms with Gasteiger partial charge in [0.15, 0.2) is 6.19 Å². The molecule has 0 saturated carbocycles. The number of carbonyl (C=O) groups is 1. The Kier molecular flexibility index (Phi) is 4.07. The molecular weight excluding hydrogens is 324 g/mol. The van der Waals surface area contributed by atoms with E-state index in [1.807, 2.05) is 29.2 Å². The van der Waals surface area contributed by atoms with Gasteiger partial charge in [-0.05, 0) is 53.3 Å². The Hall–Kier alpha value is -3.31. The number of benzene rings is 2. The predicted octanol–water partition coefficient (Wildman–Crippen LogP) is 3.01. The minimum absolute atomic E-state index is 0.0557. The highest BCUT2D eigenvalue weighted by molar-refractivity contribution is 5.83. The Labute approximate surface area is 152 Å². The van der Waals surface area contributed by atoms with Crippen LogP contribution in [-0.4, -0.2) is 28.3 Å². The van der Waals surface area contributed by atoms with E-state index in [2.05, 4.69) is 30.5 Å². The standard InChI is InChI=1S/C21H18N4O/c22-11-15-3-5-16(6-4-15)17-7-8-18-12-25(13-19(18)10-17)21(26)20-2-1-9-24(20)14-23/h3-8,10,20H,1-2,9,12-13H2/t20-/m0/s1. The topological polar surface area (TPSA) is 71.1 Å². The number of nitrogens with zero attached hydrogens (tertiary/aromatic N) is 4. The summed E-state index contributed by atoms with van der Waals surface area (Å²) in [6.45, 7) is 1.88. The van der Waals surface area contributed by atoms with Crippen LogP contribution in [-0.2, 0) is 17.9 Å². The molecule has 128 valence electrons. The van der Waals surface area contributed by atoms with Gasteiger partial charge in [-0.2, -0.15) is 10.5 Å². The van der Waals surface area contributed by atoms with E-state index in [1.165, 1.54) is 0 Å². The van der Waals surface area contributed by atoms with E-state index >= 15 is 0 Å². The molecule has 5 heteroatoms. The summed E-state index contributed by atoms with van der Waals surface area (Å²) in [5.74, 6) is 0.0557. The summed E-state index contributed by atoms with van der Waals surface area (Å²) < 4.78 is 0. The highest BCUT2D eigenvalue weighted by atomic mass is 16.2. The van der Waals surface area contributed by atoms with Crippen molar-refractivity contribution in [2.75, 3.05) is 6.54 Å². The number of nitriles is 2. The molecule has 0 aliphatic carbocycles. The lowest BCUT2D eigenvalue weighted by molar-refractivity contribution is -0.135. The number of amides is 1. The number of carbonyl (C=O) groups excluding carboxylic acids is 1. The van der Waals surface area contributed by atoms with Crippen molar-refractivity contribution in [1.82, 2.24) is 9.80 Å². The SMILES string of the molecule is N#Cc1ccc(-c2ccc3c(c2)CN(C(=O)[C@@H]2CCCN2C#N)C3)cc1. The highest BCUT2D eigenvalue weighted by Gasteiger charge is 2.35. The van der Waals surface area contributed by atoms with Gasteiger partial charge in [0.2, 0.25) is 5.91 Å². The molecule has 0 bridgehead atoms. The van der Waals surface area contributed by atoms with Gasteiger partial charge >= 0.3 is 0 Å². The van der Waals surface area contributed by atoms with Gasteiger partial charge in [0.25, 0.3) is 0 Å². The second kappa shape index (κ2) is 6.54. The third kappa shape index (κ3) is 2.78. The van der Waals surface area contributed by atoms with Gasteiger partial charge < -0.3 is 4.90 Å². The van der Waals surface area contributed by atoms with Gasteiger partial charge in [0.05, 0.1) is 11.6 Å². The quantitative estimate of drug-likeness (QED) is 0.787. The summed E-state index contributed by atoms with van der Waals surface area (Å²) in [6.07, 6.45) is 3.80. The molecule has 0 aromatic heterocycles. The Morgan fingerprint density at radius 3 is 2.46 bits per heavy atom. The van der Waals surface area contributed by atoms with Crippen molar-refractivity contribution in [1.29, 1.82) is 10.5 Å². The van der Waals surface area contributed by atoms with Crippen LogP contribution in [0.2, 0.25) is 0 Å². The Balaban J connectivity index is 1.53. The van der Waals surface area contributed by atoms with Crippen molar-refractivity contribution >= 4 is 5.91 Å². The third-order valence-corrected chi connectivity index (χ3v) is 5.25. The number of likely N-dealkylation sites (tertiary alicyclic amines) is 1. The number of fused-ring (bicyclic) bond motifs is 1. The van der Waals surface area contributed by atoms with Crippen molar-refractivity contribution in [2.24, 2.45) is 0 Å². The molecule has 0 spiro atoms. The van der Waals surface area contributed by atoms with E-state index in [-0.39, 0.29) is 11.9 Å². The first kappa shape index (κ1) is 16.2. The van der Waals surface area contributed by atoms with Crippen LogP contribution in [0.5, 0.6) is 0 Å². The first-order valence-electron chi connectivity index (χ1n) is 8.77. The Morgan fingerprint density at radius 1 is 1.00 bits per heavy atom. The van der Waals surface area contributed by atoms with Crippen LogP contribution in [0.15, 0.2) is 42.5 Å². The van der Waals surface area contributed by atoms with Gasteiger partial charge in [-0.1, -0.05) is 24.3 Å². The second-order valence-electron chi connectivity index (χ2n) is 6.82. The van der Waals surface area contributed by atoms with Crippen LogP contribution in [0.1, 0.15) is 29.5 Å². The molecule has 1 saturated heterocycles. The fourth-order valence-electron chi connectivity index (χ4n) is 3.82. The molecule has 1 atom stereocenters. The maximum atomic E-state index is 12.8. The third-order valence-electron chi connectivity index (χ3n) is 5.25. The highest BCUT2D eigenvalue weighted by Crippen LogP contribution is 2.30. The Bertz CT molecular complexity index is 936. The lowest BCUT2D eigenvalue weighted by atomic mass is 10.00. The number of rotatable bonds is 2. The van der Waals surface area contributed by atoms with Crippen LogP contribution in [0.25, 0.3) is 11.1 Å². The zero-order valence-electron chi connectivity index (χ0n) is 14.4. The molecule has 2 aliphatic heterocycles.